The molecule has 0 aromatic heterocycles. The molecule has 21 heavy (non-hydrogen) atoms. The van der Waals surface area contributed by atoms with E-state index in [1.54, 1.807) is 12.2 Å². The molecular weight excluding hydrogens is 260 g/mol. The van der Waals surface area contributed by atoms with Crippen LogP contribution in [-0.4, -0.2) is 11.6 Å². The highest BCUT2D eigenvalue weighted by Gasteiger charge is 2.28. The molecule has 0 saturated heterocycles. The number of hydrogen-bond acceptors (Lipinski definition) is 2. The Labute approximate surface area is 127 Å². The lowest BCUT2D eigenvalue weighted by Crippen LogP contribution is -2.22. The molecule has 0 aromatic carbocycles. The first kappa shape index (κ1) is 15.7. The zero-order valence-corrected chi connectivity index (χ0v) is 12.8. The fourth-order valence-corrected chi connectivity index (χ4v) is 3.24. The van der Waals surface area contributed by atoms with Crippen LogP contribution in [-0.2, 0) is 4.79 Å². The SMILES string of the molecule is C=C/C=C(\C=C)C(=O)N/N=C1/CCCC(C2CCC2)CC1. The molecular formula is C18H26N2O. The van der Waals surface area contributed by atoms with Gasteiger partial charge in [0.05, 0.1) is 0 Å². The topological polar surface area (TPSA) is 41.5 Å². The first-order chi connectivity index (χ1) is 10.2. The average Bonchev–Trinajstić information content (AvgIpc) is 2.66. The highest BCUT2D eigenvalue weighted by Crippen LogP contribution is 2.39. The normalized spacial score (nSPS) is 25.8. The molecule has 1 atom stereocenters. The highest BCUT2D eigenvalue weighted by molar-refractivity contribution is 5.97. The van der Waals surface area contributed by atoms with Crippen LogP contribution in [0.2, 0.25) is 0 Å². The molecule has 1 N–H and O–H groups in total. The lowest BCUT2D eigenvalue weighted by molar-refractivity contribution is -0.117. The number of nitrogens with one attached hydrogen (secondary N) is 1. The van der Waals surface area contributed by atoms with E-state index in [9.17, 15) is 4.79 Å². The van der Waals surface area contributed by atoms with E-state index in [-0.39, 0.29) is 5.91 Å². The zero-order chi connectivity index (χ0) is 15.1. The predicted octanol–water partition coefficient (Wildman–Crippen LogP) is 4.14. The van der Waals surface area contributed by atoms with Gasteiger partial charge in [-0.1, -0.05) is 50.6 Å². The summed E-state index contributed by atoms with van der Waals surface area (Å²) in [6, 6.07) is 0. The molecule has 3 nitrogen and oxygen atoms in total. The van der Waals surface area contributed by atoms with Crippen LogP contribution in [0.5, 0.6) is 0 Å². The molecule has 2 fully saturated rings. The fraction of sp³-hybridized carbons (Fsp3) is 0.556. The van der Waals surface area contributed by atoms with Crippen molar-refractivity contribution >= 4 is 11.6 Å². The summed E-state index contributed by atoms with van der Waals surface area (Å²) in [5.74, 6) is 1.63. The van der Waals surface area contributed by atoms with Gasteiger partial charge in [-0.15, -0.1) is 0 Å². The number of allylic oxidation sites excluding steroid dienone is 2. The second-order valence-corrected chi connectivity index (χ2v) is 6.06. The van der Waals surface area contributed by atoms with Crippen LogP contribution >= 0.6 is 0 Å². The largest absolute Gasteiger partial charge is 0.271 e. The number of carbonyl (C=O) groups excluding carboxylic acids is 1. The number of hydrogen-bond donors (Lipinski definition) is 1. The molecule has 0 aromatic rings. The minimum absolute atomic E-state index is 0.211. The van der Waals surface area contributed by atoms with Gasteiger partial charge in [0.2, 0.25) is 0 Å². The molecule has 1 amide bonds. The quantitative estimate of drug-likeness (QED) is 0.351. The van der Waals surface area contributed by atoms with Crippen LogP contribution in [0.3, 0.4) is 0 Å². The molecule has 1 unspecified atom stereocenters. The summed E-state index contributed by atoms with van der Waals surface area (Å²) in [7, 11) is 0. The highest BCUT2D eigenvalue weighted by atomic mass is 16.2. The second kappa shape index (κ2) is 7.96. The summed E-state index contributed by atoms with van der Waals surface area (Å²) in [6.45, 7) is 7.22. The maximum absolute atomic E-state index is 11.9. The van der Waals surface area contributed by atoms with Gasteiger partial charge in [-0.3, -0.25) is 4.79 Å². The smallest absolute Gasteiger partial charge is 0.267 e. The molecule has 3 heteroatoms. The van der Waals surface area contributed by atoms with Gasteiger partial charge in [0.25, 0.3) is 5.91 Å². The lowest BCUT2D eigenvalue weighted by Gasteiger charge is -2.33. The molecule has 0 heterocycles. The zero-order valence-electron chi connectivity index (χ0n) is 12.8. The van der Waals surface area contributed by atoms with Gasteiger partial charge >= 0.3 is 0 Å². The van der Waals surface area contributed by atoms with Crippen molar-refractivity contribution in [2.75, 3.05) is 0 Å². The predicted molar refractivity (Wildman–Crippen MR) is 88.0 cm³/mol. The number of amides is 1. The minimum Gasteiger partial charge on any atom is -0.267 e. The standard InChI is InChI=1S/C18H26N2O/c1-3-7-14(4-2)18(21)20-19-17-11-6-10-16(12-13-17)15-8-5-9-15/h3-4,7,15-16H,1-2,5-6,8-13H2,(H,20,21)/b14-7+,19-17-. The van der Waals surface area contributed by atoms with Gasteiger partial charge in [-0.25, -0.2) is 5.43 Å². The molecule has 2 saturated carbocycles. The number of nitrogens with zero attached hydrogens (tertiary/aromatic N) is 1. The van der Waals surface area contributed by atoms with Crippen molar-refractivity contribution in [2.24, 2.45) is 16.9 Å². The molecule has 0 bridgehead atoms. The Morgan fingerprint density at radius 1 is 1.10 bits per heavy atom. The van der Waals surface area contributed by atoms with E-state index in [1.807, 2.05) is 0 Å². The van der Waals surface area contributed by atoms with E-state index < -0.39 is 0 Å². The molecule has 0 aliphatic heterocycles. The molecule has 0 radical (unpaired) electrons. The lowest BCUT2D eigenvalue weighted by atomic mass is 9.73. The first-order valence-corrected chi connectivity index (χ1v) is 8.05. The Kier molecular flexibility index (Phi) is 5.97. The second-order valence-electron chi connectivity index (χ2n) is 6.06. The average molecular weight is 286 g/mol. The number of rotatable bonds is 5. The van der Waals surface area contributed by atoms with E-state index in [2.05, 4.69) is 23.7 Å². The Hall–Kier alpha value is -1.64. The van der Waals surface area contributed by atoms with Crippen molar-refractivity contribution in [3.05, 3.63) is 37.0 Å². The first-order valence-electron chi connectivity index (χ1n) is 8.05. The van der Waals surface area contributed by atoms with Crippen LogP contribution in [0.4, 0.5) is 0 Å². The molecule has 2 rings (SSSR count). The number of carbonyl (C=O) groups is 1. The van der Waals surface area contributed by atoms with Crippen molar-refractivity contribution < 1.29 is 4.79 Å². The summed E-state index contributed by atoms with van der Waals surface area (Å²) in [4.78, 5) is 11.9. The Morgan fingerprint density at radius 2 is 1.81 bits per heavy atom. The van der Waals surface area contributed by atoms with Crippen molar-refractivity contribution in [1.82, 2.24) is 5.43 Å². The van der Waals surface area contributed by atoms with Crippen LogP contribution in [0.1, 0.15) is 51.4 Å². The van der Waals surface area contributed by atoms with E-state index in [0.717, 1.165) is 30.4 Å². The van der Waals surface area contributed by atoms with Gasteiger partial charge in [0, 0.05) is 11.3 Å². The van der Waals surface area contributed by atoms with E-state index in [1.165, 1.54) is 44.6 Å². The molecule has 2 aliphatic rings. The monoisotopic (exact) mass is 286 g/mol. The Balaban J connectivity index is 1.86. The van der Waals surface area contributed by atoms with Gasteiger partial charge in [0.15, 0.2) is 0 Å². The summed E-state index contributed by atoms with van der Waals surface area (Å²) in [6.07, 6.45) is 14.8. The third-order valence-electron chi connectivity index (χ3n) is 4.76. The van der Waals surface area contributed by atoms with Gasteiger partial charge in [0.1, 0.15) is 0 Å². The maximum atomic E-state index is 11.9. The van der Waals surface area contributed by atoms with Crippen molar-refractivity contribution in [3.63, 3.8) is 0 Å². The van der Waals surface area contributed by atoms with E-state index in [0.29, 0.717) is 5.57 Å². The van der Waals surface area contributed by atoms with Gasteiger partial charge in [-0.2, -0.15) is 5.10 Å². The van der Waals surface area contributed by atoms with Gasteiger partial charge in [-0.05, 0) is 43.9 Å². The van der Waals surface area contributed by atoms with E-state index >= 15 is 0 Å². The van der Waals surface area contributed by atoms with Crippen LogP contribution in [0.15, 0.2) is 42.1 Å². The summed E-state index contributed by atoms with van der Waals surface area (Å²) in [5.41, 5.74) is 4.28. The van der Waals surface area contributed by atoms with Crippen molar-refractivity contribution in [3.8, 4) is 0 Å². The Morgan fingerprint density at radius 3 is 2.43 bits per heavy atom. The number of hydrazone groups is 1. The molecule has 114 valence electrons. The minimum atomic E-state index is -0.211. The van der Waals surface area contributed by atoms with Gasteiger partial charge < -0.3 is 0 Å². The summed E-state index contributed by atoms with van der Waals surface area (Å²) in [5, 5.41) is 4.33. The summed E-state index contributed by atoms with van der Waals surface area (Å²) < 4.78 is 0. The van der Waals surface area contributed by atoms with Crippen LogP contribution in [0.25, 0.3) is 0 Å². The van der Waals surface area contributed by atoms with Crippen molar-refractivity contribution in [2.45, 2.75) is 51.4 Å². The van der Waals surface area contributed by atoms with E-state index in [4.69, 9.17) is 0 Å². The summed E-state index contributed by atoms with van der Waals surface area (Å²) >= 11 is 0. The Bertz CT molecular complexity index is 458. The third-order valence-corrected chi connectivity index (χ3v) is 4.76. The van der Waals surface area contributed by atoms with Crippen molar-refractivity contribution in [1.29, 1.82) is 0 Å². The maximum Gasteiger partial charge on any atom is 0.271 e. The van der Waals surface area contributed by atoms with Crippen LogP contribution in [0, 0.1) is 11.8 Å². The van der Waals surface area contributed by atoms with Crippen LogP contribution < -0.4 is 5.43 Å². The fourth-order valence-electron chi connectivity index (χ4n) is 3.24. The molecule has 0 spiro atoms. The third kappa shape index (κ3) is 4.42. The molecule has 2 aliphatic carbocycles.